The molecule has 0 aliphatic heterocycles. The molecule has 0 saturated heterocycles. The maximum atomic E-state index is 12.3. The highest BCUT2D eigenvalue weighted by molar-refractivity contribution is 6.40. The van der Waals surface area contributed by atoms with Crippen molar-refractivity contribution >= 4 is 40.8 Å². The monoisotopic (exact) mass is 736 g/mol. The molecule has 1 aromatic heterocycles. The molecule has 2 aliphatic carbocycles. The average Bonchev–Trinajstić information content (AvgIpc) is 3.83. The second-order valence-electron chi connectivity index (χ2n) is 12.5. The number of carbonyl (C=O) groups is 1. The van der Waals surface area contributed by atoms with Crippen LogP contribution in [0, 0.1) is 11.8 Å². The minimum Gasteiger partial charge on any atom is -0.493 e. The van der Waals surface area contributed by atoms with E-state index in [9.17, 15) is 4.79 Å². The molecule has 6 rings (SSSR count). The van der Waals surface area contributed by atoms with Crippen LogP contribution in [0.1, 0.15) is 63.0 Å². The van der Waals surface area contributed by atoms with Crippen molar-refractivity contribution in [3.8, 4) is 29.1 Å². The smallest absolute Gasteiger partial charge is 0.329 e. The van der Waals surface area contributed by atoms with Gasteiger partial charge in [0, 0.05) is 35.6 Å². The fraction of sp³-hybridized carbons (Fsp3) is 0.385. The summed E-state index contributed by atoms with van der Waals surface area (Å²) in [6.07, 6.45) is 12.3. The summed E-state index contributed by atoms with van der Waals surface area (Å²) in [5, 5.41) is 1.12. The number of ether oxygens (including phenoxy) is 3. The number of nitrogens with two attached hydrogens (primary N) is 1. The largest absolute Gasteiger partial charge is 0.493 e. The first-order valence-corrected chi connectivity index (χ1v) is 18.1. The third-order valence-electron chi connectivity index (χ3n) is 8.81. The number of nitrogens with zero attached hydrogens (tertiary/aromatic N) is 3. The zero-order chi connectivity index (χ0) is 35.5. The number of carbonyl (C=O) groups excluding carboxylic acids is 1. The van der Waals surface area contributed by atoms with E-state index in [-0.39, 0.29) is 24.1 Å². The van der Waals surface area contributed by atoms with Gasteiger partial charge in [-0.15, -0.1) is 0 Å². The standard InChI is InChI=1S/C24H27NO2.C15H16Cl3N3O2/c1-26-22-12-11-19(15-23(22)27-21-9-5-6-10-21)24(16-20(25)17-24)14-13-18-7-3-2-4-8-18;1-2-4-20(15(22)21-5-3-19-10-21)6-7-23-14-12(17)8-11(16)9-13(14)18/h2-4,7-8,11-12,15,20-21H,5-6,9-10,16-17,25H2,1H3;3,5,8-10H,2,4,6-7H2,1H3. The Balaban J connectivity index is 0.000000197. The third kappa shape index (κ3) is 9.67. The van der Waals surface area contributed by atoms with E-state index in [0.717, 1.165) is 49.2 Å². The number of aromatic nitrogens is 2. The van der Waals surface area contributed by atoms with Crippen LogP contribution in [-0.4, -0.2) is 59.4 Å². The highest BCUT2D eigenvalue weighted by Gasteiger charge is 2.43. The van der Waals surface area contributed by atoms with E-state index in [0.29, 0.717) is 40.0 Å². The fourth-order valence-electron chi connectivity index (χ4n) is 6.24. The molecule has 4 aromatic rings. The van der Waals surface area contributed by atoms with Gasteiger partial charge in [0.15, 0.2) is 17.2 Å². The van der Waals surface area contributed by atoms with Crippen LogP contribution in [0.25, 0.3) is 0 Å². The lowest BCUT2D eigenvalue weighted by molar-refractivity contribution is 0.184. The molecule has 2 N–H and O–H groups in total. The van der Waals surface area contributed by atoms with Gasteiger partial charge in [-0.2, -0.15) is 0 Å². The number of hydrogen-bond acceptors (Lipinski definition) is 6. The second-order valence-corrected chi connectivity index (χ2v) is 13.8. The number of imidazole rings is 1. The van der Waals surface area contributed by atoms with Gasteiger partial charge in [-0.05, 0) is 86.9 Å². The van der Waals surface area contributed by atoms with E-state index in [1.807, 2.05) is 43.3 Å². The van der Waals surface area contributed by atoms with E-state index in [1.165, 1.54) is 29.3 Å². The quantitative estimate of drug-likeness (QED) is 0.163. The van der Waals surface area contributed by atoms with Crippen LogP contribution in [0.2, 0.25) is 15.1 Å². The van der Waals surface area contributed by atoms with Crippen molar-refractivity contribution in [1.29, 1.82) is 0 Å². The number of amides is 1. The first-order chi connectivity index (χ1) is 24.2. The average molecular weight is 738 g/mol. The topological polar surface area (TPSA) is 91.8 Å². The third-order valence-corrected chi connectivity index (χ3v) is 9.59. The van der Waals surface area contributed by atoms with Crippen molar-refractivity contribution in [3.63, 3.8) is 0 Å². The minimum atomic E-state index is -0.199. The Bertz CT molecular complexity index is 1740. The first-order valence-electron chi connectivity index (χ1n) is 16.9. The molecule has 264 valence electrons. The summed E-state index contributed by atoms with van der Waals surface area (Å²) in [6.45, 7) is 3.28. The molecule has 0 bridgehead atoms. The zero-order valence-electron chi connectivity index (χ0n) is 28.4. The van der Waals surface area contributed by atoms with Gasteiger partial charge in [0.2, 0.25) is 0 Å². The highest BCUT2D eigenvalue weighted by atomic mass is 35.5. The molecule has 8 nitrogen and oxygen atoms in total. The minimum absolute atomic E-state index is 0.152. The van der Waals surface area contributed by atoms with Crippen LogP contribution in [0.3, 0.4) is 0 Å². The van der Waals surface area contributed by atoms with E-state index >= 15 is 0 Å². The number of rotatable bonds is 10. The summed E-state index contributed by atoms with van der Waals surface area (Å²) in [5.74, 6) is 8.87. The maximum Gasteiger partial charge on any atom is 0.329 e. The lowest BCUT2D eigenvalue weighted by Crippen LogP contribution is -2.48. The summed E-state index contributed by atoms with van der Waals surface area (Å²) >= 11 is 18.0. The van der Waals surface area contributed by atoms with E-state index in [1.54, 1.807) is 36.5 Å². The van der Waals surface area contributed by atoms with Crippen molar-refractivity contribution in [2.75, 3.05) is 26.8 Å². The van der Waals surface area contributed by atoms with Crippen LogP contribution in [-0.2, 0) is 5.41 Å². The van der Waals surface area contributed by atoms with Gasteiger partial charge in [0.1, 0.15) is 12.9 Å². The molecule has 50 heavy (non-hydrogen) atoms. The predicted molar refractivity (Wildman–Crippen MR) is 200 cm³/mol. The molecule has 3 aromatic carbocycles. The molecule has 0 spiro atoms. The van der Waals surface area contributed by atoms with Gasteiger partial charge in [0.05, 0.1) is 35.2 Å². The zero-order valence-corrected chi connectivity index (χ0v) is 30.7. The summed E-state index contributed by atoms with van der Waals surface area (Å²) in [7, 11) is 1.70. The Morgan fingerprint density at radius 2 is 1.74 bits per heavy atom. The number of methoxy groups -OCH3 is 1. The van der Waals surface area contributed by atoms with Crippen molar-refractivity contribution in [2.24, 2.45) is 5.73 Å². The van der Waals surface area contributed by atoms with Gasteiger partial charge in [-0.25, -0.2) is 9.78 Å². The molecule has 11 heteroatoms. The number of hydrogen-bond donors (Lipinski definition) is 1. The van der Waals surface area contributed by atoms with Gasteiger partial charge >= 0.3 is 6.03 Å². The first kappa shape index (κ1) is 37.4. The molecule has 2 fully saturated rings. The Kier molecular flexibility index (Phi) is 13.4. The van der Waals surface area contributed by atoms with Gasteiger partial charge in [-0.1, -0.05) is 77.8 Å². The summed E-state index contributed by atoms with van der Waals surface area (Å²) in [5.41, 5.74) is 8.18. The molecule has 1 amide bonds. The van der Waals surface area contributed by atoms with Gasteiger partial charge in [-0.3, -0.25) is 4.57 Å². The van der Waals surface area contributed by atoms with Crippen LogP contribution in [0.4, 0.5) is 4.79 Å². The van der Waals surface area contributed by atoms with Crippen LogP contribution in [0.15, 0.2) is 79.4 Å². The number of benzene rings is 3. The Hall–Kier alpha value is -3.87. The molecule has 0 radical (unpaired) electrons. The molecular weight excluding hydrogens is 695 g/mol. The van der Waals surface area contributed by atoms with E-state index in [2.05, 4.69) is 29.0 Å². The molecular formula is C39H43Cl3N4O4. The molecule has 2 aliphatic rings. The Morgan fingerprint density at radius 3 is 2.36 bits per heavy atom. The van der Waals surface area contributed by atoms with Gasteiger partial charge in [0.25, 0.3) is 0 Å². The van der Waals surface area contributed by atoms with Crippen LogP contribution >= 0.6 is 34.8 Å². The lowest BCUT2D eigenvalue weighted by Gasteiger charge is -2.43. The van der Waals surface area contributed by atoms with Crippen LogP contribution in [0.5, 0.6) is 17.2 Å². The Labute approximate surface area is 309 Å². The normalized spacial score (nSPS) is 18.2. The number of halogens is 3. The van der Waals surface area contributed by atoms with E-state index < -0.39 is 0 Å². The summed E-state index contributed by atoms with van der Waals surface area (Å²) < 4.78 is 18.9. The SMILES string of the molecule is CCCN(CCOc1c(Cl)cc(Cl)cc1Cl)C(=O)n1ccnc1.COc1ccc(C2(C#Cc3ccccc3)CC(N)C2)cc1OC1CCCC1. The van der Waals surface area contributed by atoms with Crippen molar-refractivity contribution in [2.45, 2.75) is 69.4 Å². The maximum absolute atomic E-state index is 12.3. The highest BCUT2D eigenvalue weighted by Crippen LogP contribution is 2.45. The van der Waals surface area contributed by atoms with Crippen molar-refractivity contribution < 1.29 is 19.0 Å². The summed E-state index contributed by atoms with van der Waals surface area (Å²) in [6, 6.07) is 19.6. The second kappa shape index (κ2) is 17.9. The molecule has 2 saturated carbocycles. The Morgan fingerprint density at radius 1 is 1.02 bits per heavy atom. The fourth-order valence-corrected chi connectivity index (χ4v) is 7.17. The molecule has 0 atom stereocenters. The summed E-state index contributed by atoms with van der Waals surface area (Å²) in [4.78, 5) is 17.9. The van der Waals surface area contributed by atoms with Crippen LogP contribution < -0.4 is 19.9 Å². The lowest BCUT2D eigenvalue weighted by atomic mass is 9.62. The molecule has 0 unspecified atom stereocenters. The van der Waals surface area contributed by atoms with Crippen molar-refractivity contribution in [3.05, 3.63) is 106 Å². The predicted octanol–water partition coefficient (Wildman–Crippen LogP) is 9.03. The van der Waals surface area contributed by atoms with Gasteiger partial charge < -0.3 is 24.8 Å². The molecule has 1 heterocycles. The van der Waals surface area contributed by atoms with E-state index in [4.69, 9.17) is 54.7 Å². The van der Waals surface area contributed by atoms with Crippen molar-refractivity contribution in [1.82, 2.24) is 14.5 Å².